The van der Waals surface area contributed by atoms with Gasteiger partial charge < -0.3 is 15.1 Å². The van der Waals surface area contributed by atoms with Crippen LogP contribution in [0.15, 0.2) is 65.1 Å². The van der Waals surface area contributed by atoms with E-state index in [2.05, 4.69) is 20.8 Å². The minimum absolute atomic E-state index is 0.136. The fourth-order valence-corrected chi connectivity index (χ4v) is 2.43. The third-order valence-electron chi connectivity index (χ3n) is 3.82. The normalized spacial score (nSPS) is 10.4. The van der Waals surface area contributed by atoms with E-state index in [1.807, 2.05) is 36.4 Å². The van der Waals surface area contributed by atoms with Crippen LogP contribution in [0.4, 0.5) is 0 Å². The van der Waals surface area contributed by atoms with Crippen LogP contribution in [-0.4, -0.2) is 35.1 Å². The summed E-state index contributed by atoms with van der Waals surface area (Å²) in [6.45, 7) is 0.717. The molecule has 7 nitrogen and oxygen atoms in total. The number of aryl methyl sites for hydroxylation is 1. The van der Waals surface area contributed by atoms with Crippen molar-refractivity contribution >= 4 is 11.8 Å². The van der Waals surface area contributed by atoms with Crippen LogP contribution in [-0.2, 0) is 11.2 Å². The molecule has 7 heteroatoms. The molecule has 0 saturated heterocycles. The molecule has 0 saturated carbocycles. The maximum Gasteiger partial charge on any atom is 0.251 e. The Hall–Kier alpha value is -3.48. The zero-order valence-electron chi connectivity index (χ0n) is 14.7. The lowest BCUT2D eigenvalue weighted by Gasteiger charge is -2.06. The summed E-state index contributed by atoms with van der Waals surface area (Å²) >= 11 is 0. The van der Waals surface area contributed by atoms with E-state index >= 15 is 0 Å². The number of amides is 2. The van der Waals surface area contributed by atoms with Crippen LogP contribution >= 0.6 is 0 Å². The highest BCUT2D eigenvalue weighted by Crippen LogP contribution is 2.17. The SMILES string of the molecule is O=C(CCc1nnc(-c2ccccc2)o1)NCCNC(=O)c1ccccc1. The van der Waals surface area contributed by atoms with E-state index in [0.29, 0.717) is 36.9 Å². The topological polar surface area (TPSA) is 97.1 Å². The second-order valence-electron chi connectivity index (χ2n) is 5.84. The number of hydrogen-bond donors (Lipinski definition) is 2. The first-order valence-corrected chi connectivity index (χ1v) is 8.70. The van der Waals surface area contributed by atoms with Gasteiger partial charge in [-0.15, -0.1) is 10.2 Å². The van der Waals surface area contributed by atoms with Crippen molar-refractivity contribution in [2.75, 3.05) is 13.1 Å². The smallest absolute Gasteiger partial charge is 0.251 e. The zero-order valence-corrected chi connectivity index (χ0v) is 14.7. The fraction of sp³-hybridized carbons (Fsp3) is 0.200. The molecule has 0 aliphatic heterocycles. The largest absolute Gasteiger partial charge is 0.421 e. The van der Waals surface area contributed by atoms with Crippen LogP contribution in [0, 0.1) is 0 Å². The first kappa shape index (κ1) is 18.3. The molecular weight excluding hydrogens is 344 g/mol. The number of nitrogens with zero attached hydrogens (tertiary/aromatic N) is 2. The van der Waals surface area contributed by atoms with Gasteiger partial charge in [0, 0.05) is 37.1 Å². The highest BCUT2D eigenvalue weighted by Gasteiger charge is 2.10. The zero-order chi connectivity index (χ0) is 18.9. The molecule has 0 aliphatic carbocycles. The van der Waals surface area contributed by atoms with Crippen molar-refractivity contribution in [2.24, 2.45) is 0 Å². The first-order chi connectivity index (χ1) is 13.2. The molecule has 2 aromatic carbocycles. The predicted octanol–water partition coefficient (Wildman–Crippen LogP) is 2.22. The molecule has 0 aliphatic rings. The monoisotopic (exact) mass is 364 g/mol. The van der Waals surface area contributed by atoms with Gasteiger partial charge in [0.2, 0.25) is 17.7 Å². The fourth-order valence-electron chi connectivity index (χ4n) is 2.43. The molecule has 138 valence electrons. The highest BCUT2D eigenvalue weighted by molar-refractivity contribution is 5.94. The van der Waals surface area contributed by atoms with Crippen LogP contribution in [0.5, 0.6) is 0 Å². The summed E-state index contributed by atoms with van der Waals surface area (Å²) in [5, 5.41) is 13.5. The van der Waals surface area contributed by atoms with Crippen LogP contribution in [0.1, 0.15) is 22.7 Å². The lowest BCUT2D eigenvalue weighted by Crippen LogP contribution is -2.34. The van der Waals surface area contributed by atoms with Gasteiger partial charge in [-0.3, -0.25) is 9.59 Å². The number of hydrogen-bond acceptors (Lipinski definition) is 5. The number of carbonyl (C=O) groups is 2. The average molecular weight is 364 g/mol. The molecule has 0 atom stereocenters. The van der Waals surface area contributed by atoms with Gasteiger partial charge in [0.05, 0.1) is 0 Å². The van der Waals surface area contributed by atoms with Gasteiger partial charge in [-0.1, -0.05) is 36.4 Å². The first-order valence-electron chi connectivity index (χ1n) is 8.70. The Labute approximate surface area is 156 Å². The van der Waals surface area contributed by atoms with E-state index in [1.165, 1.54) is 0 Å². The highest BCUT2D eigenvalue weighted by atomic mass is 16.4. The van der Waals surface area contributed by atoms with Crippen molar-refractivity contribution < 1.29 is 14.0 Å². The van der Waals surface area contributed by atoms with Crippen molar-refractivity contribution in [3.63, 3.8) is 0 Å². The summed E-state index contributed by atoms with van der Waals surface area (Å²) in [4.78, 5) is 23.8. The summed E-state index contributed by atoms with van der Waals surface area (Å²) in [7, 11) is 0. The van der Waals surface area contributed by atoms with Crippen molar-refractivity contribution in [3.8, 4) is 11.5 Å². The molecule has 0 bridgehead atoms. The molecule has 2 N–H and O–H groups in total. The molecule has 2 amide bonds. The van der Waals surface area contributed by atoms with Crippen LogP contribution in [0.25, 0.3) is 11.5 Å². The van der Waals surface area contributed by atoms with E-state index in [1.54, 1.807) is 24.3 Å². The summed E-state index contributed by atoms with van der Waals surface area (Å²) in [5.41, 5.74) is 1.43. The van der Waals surface area contributed by atoms with E-state index in [9.17, 15) is 9.59 Å². The van der Waals surface area contributed by atoms with E-state index in [0.717, 1.165) is 5.56 Å². The Kier molecular flexibility index (Phi) is 6.30. The number of nitrogens with one attached hydrogen (secondary N) is 2. The molecule has 0 fully saturated rings. The maximum absolute atomic E-state index is 11.9. The van der Waals surface area contributed by atoms with Crippen molar-refractivity contribution in [3.05, 3.63) is 72.1 Å². The number of benzene rings is 2. The molecule has 0 radical (unpaired) electrons. The van der Waals surface area contributed by atoms with Crippen molar-refractivity contribution in [2.45, 2.75) is 12.8 Å². The molecule has 0 spiro atoms. The quantitative estimate of drug-likeness (QED) is 0.597. The summed E-state index contributed by atoms with van der Waals surface area (Å²) in [6, 6.07) is 18.4. The van der Waals surface area contributed by atoms with Gasteiger partial charge in [0.25, 0.3) is 5.91 Å². The minimum Gasteiger partial charge on any atom is -0.421 e. The summed E-state index contributed by atoms with van der Waals surface area (Å²) in [6.07, 6.45) is 0.602. The molecule has 0 unspecified atom stereocenters. The summed E-state index contributed by atoms with van der Waals surface area (Å²) < 4.78 is 5.57. The second-order valence-corrected chi connectivity index (χ2v) is 5.84. The van der Waals surface area contributed by atoms with Gasteiger partial charge in [-0.05, 0) is 24.3 Å². The van der Waals surface area contributed by atoms with Gasteiger partial charge in [-0.2, -0.15) is 0 Å². The van der Waals surface area contributed by atoms with Gasteiger partial charge in [0.1, 0.15) is 0 Å². The average Bonchev–Trinajstić information content (AvgIpc) is 3.20. The second kappa shape index (κ2) is 9.28. The van der Waals surface area contributed by atoms with Gasteiger partial charge in [-0.25, -0.2) is 0 Å². The third-order valence-corrected chi connectivity index (χ3v) is 3.82. The lowest BCUT2D eigenvalue weighted by atomic mass is 10.2. The van der Waals surface area contributed by atoms with E-state index in [4.69, 9.17) is 4.42 Å². The van der Waals surface area contributed by atoms with Crippen LogP contribution in [0.2, 0.25) is 0 Å². The van der Waals surface area contributed by atoms with Crippen LogP contribution < -0.4 is 10.6 Å². The lowest BCUT2D eigenvalue weighted by molar-refractivity contribution is -0.121. The third kappa shape index (κ3) is 5.50. The Bertz CT molecular complexity index is 879. The minimum atomic E-state index is -0.163. The molecule has 3 rings (SSSR count). The predicted molar refractivity (Wildman–Crippen MR) is 99.8 cm³/mol. The van der Waals surface area contributed by atoms with E-state index < -0.39 is 0 Å². The Morgan fingerprint density at radius 2 is 1.52 bits per heavy atom. The van der Waals surface area contributed by atoms with Gasteiger partial charge in [0.15, 0.2) is 0 Å². The Morgan fingerprint density at radius 1 is 0.852 bits per heavy atom. The van der Waals surface area contributed by atoms with Crippen molar-refractivity contribution in [1.29, 1.82) is 0 Å². The molecule has 1 aromatic heterocycles. The van der Waals surface area contributed by atoms with Crippen molar-refractivity contribution in [1.82, 2.24) is 20.8 Å². The Balaban J connectivity index is 1.35. The molecule has 1 heterocycles. The number of rotatable bonds is 8. The Morgan fingerprint density at radius 3 is 2.26 bits per heavy atom. The van der Waals surface area contributed by atoms with Gasteiger partial charge >= 0.3 is 0 Å². The van der Waals surface area contributed by atoms with E-state index in [-0.39, 0.29) is 18.2 Å². The maximum atomic E-state index is 11.9. The van der Waals surface area contributed by atoms with Crippen LogP contribution in [0.3, 0.4) is 0 Å². The molecular formula is C20H20N4O3. The molecule has 27 heavy (non-hydrogen) atoms. The summed E-state index contributed by atoms with van der Waals surface area (Å²) in [5.74, 6) is 0.559. The molecule has 3 aromatic rings. The number of carbonyl (C=O) groups excluding carboxylic acids is 2. The number of aromatic nitrogens is 2. The standard InChI is InChI=1S/C20H20N4O3/c25-17(21-13-14-22-19(26)15-7-3-1-4-8-15)11-12-18-23-24-20(27-18)16-9-5-2-6-10-16/h1-10H,11-14H2,(H,21,25)(H,22,26).